The van der Waals surface area contributed by atoms with Gasteiger partial charge >= 0.3 is 0 Å². The largest absolute Gasteiger partial charge is 0.310 e. The molecule has 508 valence electrons. The molecule has 0 spiro atoms. The van der Waals surface area contributed by atoms with Gasteiger partial charge in [-0.1, -0.05) is 297 Å². The Kier molecular flexibility index (Phi) is 16.0. The van der Waals surface area contributed by atoms with Gasteiger partial charge in [-0.2, -0.15) is 0 Å². The number of nitrogens with zero attached hydrogens (tertiary/aromatic N) is 4. The van der Waals surface area contributed by atoms with Gasteiger partial charge in [-0.05, 0) is 210 Å². The summed E-state index contributed by atoms with van der Waals surface area (Å²) < 4.78 is 0. The number of rotatable bonds is 15. The second-order valence-corrected chi connectivity index (χ2v) is 28.3. The molecule has 4 nitrogen and oxygen atoms in total. The van der Waals surface area contributed by atoms with Crippen molar-refractivity contribution in [2.75, 3.05) is 19.6 Å². The summed E-state index contributed by atoms with van der Waals surface area (Å²) in [6, 6.07) is 148. The van der Waals surface area contributed by atoms with Gasteiger partial charge in [0.1, 0.15) is 0 Å². The molecule has 0 saturated carbocycles. The summed E-state index contributed by atoms with van der Waals surface area (Å²) in [4.78, 5) is 10.0. The first-order valence-electron chi connectivity index (χ1n) is 37.4. The average Bonchev–Trinajstić information content (AvgIpc) is 0.722. The molecule has 0 radical (unpaired) electrons. The summed E-state index contributed by atoms with van der Waals surface area (Å²) in [6.07, 6.45) is 6.57. The molecule has 0 atom stereocenters. The van der Waals surface area contributed by atoms with Crippen molar-refractivity contribution in [3.05, 3.63) is 418 Å². The summed E-state index contributed by atoms with van der Waals surface area (Å²) in [5.41, 5.74) is 22.7. The number of allylic oxidation sites excluding steroid dienone is 1. The van der Waals surface area contributed by atoms with Crippen LogP contribution in [0.3, 0.4) is 0 Å². The minimum atomic E-state index is 0.850. The van der Waals surface area contributed by atoms with Gasteiger partial charge in [0.05, 0.1) is 22.7 Å². The molecule has 108 heavy (non-hydrogen) atoms. The van der Waals surface area contributed by atoms with Crippen molar-refractivity contribution in [3.63, 3.8) is 0 Å². The smallest absolute Gasteiger partial charge is 0.0620 e. The number of para-hydroxylation sites is 3. The number of anilines is 12. The standard InChI is InChI=1S/C104H72N4/c1-6-26-71(27-7-1)82-54-62-97-99(69-82)103(95-44-24-22-42-93(95)101(97)105(85-36-10-3-11-37-85)86-38-12-4-13-39-86)106(87-40-14-5-15-41-87)88-56-48-76(49-57-88)81-47-46-77-53-61-92(68-84(77)64-81)107(89-58-50-73-30-16-19-33-78(73)65-89)102-94-43-23-25-45-96(94)104(100-70-83(55-63-98(100)102)72-28-8-2-9-29-72)108(90-59-51-74-31-17-20-34-79(74)66-90)91-60-52-75-32-18-21-35-80(75)67-91/h1-24,26-44,46-70H,25,45H2. The van der Waals surface area contributed by atoms with Crippen molar-refractivity contribution in [3.8, 4) is 33.4 Å². The molecular formula is C104H72N4. The fourth-order valence-corrected chi connectivity index (χ4v) is 16.8. The molecule has 4 heteroatoms. The second kappa shape index (κ2) is 27.2. The van der Waals surface area contributed by atoms with E-state index < -0.39 is 0 Å². The zero-order valence-corrected chi connectivity index (χ0v) is 59.5. The van der Waals surface area contributed by atoms with Gasteiger partial charge in [-0.3, -0.25) is 0 Å². The van der Waals surface area contributed by atoms with Crippen LogP contribution in [-0.4, -0.2) is 0 Å². The third-order valence-corrected chi connectivity index (χ3v) is 21.9. The van der Waals surface area contributed by atoms with E-state index in [1.807, 2.05) is 0 Å². The molecule has 0 bridgehead atoms. The Bertz CT molecular complexity index is 6560. The van der Waals surface area contributed by atoms with E-state index in [1.54, 1.807) is 0 Å². The van der Waals surface area contributed by atoms with Crippen LogP contribution in [0.25, 0.3) is 115 Å². The second-order valence-electron chi connectivity index (χ2n) is 28.3. The molecule has 0 saturated heterocycles. The van der Waals surface area contributed by atoms with Crippen LogP contribution >= 0.6 is 0 Å². The van der Waals surface area contributed by atoms with E-state index in [0.29, 0.717) is 0 Å². The van der Waals surface area contributed by atoms with Gasteiger partial charge in [-0.25, -0.2) is 0 Å². The van der Waals surface area contributed by atoms with E-state index >= 15 is 0 Å². The molecule has 0 fully saturated rings. The lowest BCUT2D eigenvalue weighted by atomic mass is 9.86. The molecule has 19 aromatic carbocycles. The SMILES string of the molecule is C1=Cc2c(c(N(c3ccc4ccccc4c3)c3ccc4ccccc4c3)c3cc(-c4ccccc4)ccc3c2N(c2ccc3ccccc3c2)c2ccc3ccc(-c4ccc(N(c5ccccc5)c5c6ccccc6c(N(c6ccccc6)c6ccccc6)c6ccc(-c7ccccc7)cc56)cc4)cc3c2)CC1. The van der Waals surface area contributed by atoms with Crippen molar-refractivity contribution in [2.45, 2.75) is 12.8 Å². The maximum Gasteiger partial charge on any atom is 0.0620 e. The topological polar surface area (TPSA) is 13.0 Å². The molecule has 0 aliphatic heterocycles. The Morgan fingerprint density at radius 2 is 0.472 bits per heavy atom. The van der Waals surface area contributed by atoms with E-state index in [-0.39, 0.29) is 0 Å². The first-order chi connectivity index (χ1) is 53.6. The van der Waals surface area contributed by atoms with Crippen LogP contribution in [0.4, 0.5) is 68.2 Å². The molecule has 1 aliphatic carbocycles. The van der Waals surface area contributed by atoms with Crippen LogP contribution in [0.2, 0.25) is 0 Å². The zero-order chi connectivity index (χ0) is 71.4. The van der Waals surface area contributed by atoms with Crippen molar-refractivity contribution >= 4 is 150 Å². The molecule has 0 heterocycles. The third kappa shape index (κ3) is 11.4. The number of hydrogen-bond acceptors (Lipinski definition) is 4. The van der Waals surface area contributed by atoms with Crippen molar-refractivity contribution in [1.29, 1.82) is 0 Å². The summed E-state index contributed by atoms with van der Waals surface area (Å²) in [5, 5.41) is 16.4. The first kappa shape index (κ1) is 63.6. The average molecular weight is 1380 g/mol. The lowest BCUT2D eigenvalue weighted by molar-refractivity contribution is 0.981. The van der Waals surface area contributed by atoms with Gasteiger partial charge in [0.2, 0.25) is 0 Å². The monoisotopic (exact) mass is 1380 g/mol. The predicted molar refractivity (Wildman–Crippen MR) is 461 cm³/mol. The van der Waals surface area contributed by atoms with E-state index in [0.717, 1.165) is 136 Å². The molecule has 0 amide bonds. The highest BCUT2D eigenvalue weighted by molar-refractivity contribution is 6.24. The van der Waals surface area contributed by atoms with Crippen LogP contribution in [0, 0.1) is 0 Å². The molecule has 1 aliphatic rings. The summed E-state index contributed by atoms with van der Waals surface area (Å²) in [5.74, 6) is 0. The van der Waals surface area contributed by atoms with Crippen molar-refractivity contribution < 1.29 is 0 Å². The van der Waals surface area contributed by atoms with E-state index in [2.05, 4.69) is 432 Å². The zero-order valence-electron chi connectivity index (χ0n) is 59.5. The molecular weight excluding hydrogens is 1310 g/mol. The van der Waals surface area contributed by atoms with Crippen LogP contribution < -0.4 is 19.6 Å². The maximum atomic E-state index is 2.57. The normalized spacial score (nSPS) is 12.0. The summed E-state index contributed by atoms with van der Waals surface area (Å²) >= 11 is 0. The predicted octanol–water partition coefficient (Wildman–Crippen LogP) is 29.6. The highest BCUT2D eigenvalue weighted by Crippen LogP contribution is 2.56. The van der Waals surface area contributed by atoms with Crippen LogP contribution in [0.1, 0.15) is 17.5 Å². The molecule has 20 rings (SSSR count). The minimum Gasteiger partial charge on any atom is -0.310 e. The quantitative estimate of drug-likeness (QED) is 0.0749. The van der Waals surface area contributed by atoms with Crippen molar-refractivity contribution in [2.24, 2.45) is 0 Å². The summed E-state index contributed by atoms with van der Waals surface area (Å²) in [7, 11) is 0. The number of benzene rings is 19. The third-order valence-electron chi connectivity index (χ3n) is 21.9. The first-order valence-corrected chi connectivity index (χ1v) is 37.4. The lowest BCUT2D eigenvalue weighted by Gasteiger charge is -2.36. The van der Waals surface area contributed by atoms with Crippen LogP contribution in [-0.2, 0) is 6.42 Å². The maximum absolute atomic E-state index is 2.57. The Labute approximate surface area is 629 Å². The molecule has 0 N–H and O–H groups in total. The van der Waals surface area contributed by atoms with Gasteiger partial charge in [-0.15, -0.1) is 0 Å². The summed E-state index contributed by atoms with van der Waals surface area (Å²) in [6.45, 7) is 0. The van der Waals surface area contributed by atoms with Crippen LogP contribution in [0.15, 0.2) is 406 Å². The van der Waals surface area contributed by atoms with E-state index in [9.17, 15) is 0 Å². The highest BCUT2D eigenvalue weighted by atomic mass is 15.2. The minimum absolute atomic E-state index is 0.850. The molecule has 19 aromatic rings. The van der Waals surface area contributed by atoms with E-state index in [1.165, 1.54) is 65.5 Å². The van der Waals surface area contributed by atoms with Gasteiger partial charge in [0.25, 0.3) is 0 Å². The number of fused-ring (bicyclic) bond motifs is 8. The van der Waals surface area contributed by atoms with Crippen LogP contribution in [0.5, 0.6) is 0 Å². The fourth-order valence-electron chi connectivity index (χ4n) is 16.8. The van der Waals surface area contributed by atoms with E-state index in [4.69, 9.17) is 0 Å². The highest BCUT2D eigenvalue weighted by Gasteiger charge is 2.31. The fraction of sp³-hybridized carbons (Fsp3) is 0.0192. The van der Waals surface area contributed by atoms with Gasteiger partial charge in [0.15, 0.2) is 0 Å². The Morgan fingerprint density at radius 1 is 0.176 bits per heavy atom. The molecule has 0 aromatic heterocycles. The van der Waals surface area contributed by atoms with Gasteiger partial charge < -0.3 is 19.6 Å². The van der Waals surface area contributed by atoms with Gasteiger partial charge in [0, 0.05) is 83.4 Å². The lowest BCUT2D eigenvalue weighted by Crippen LogP contribution is -2.18. The number of hydrogen-bond donors (Lipinski definition) is 0. The Hall–Kier alpha value is -14.1. The Balaban J connectivity index is 0.764. The Morgan fingerprint density at radius 3 is 0.944 bits per heavy atom. The molecule has 0 unspecified atom stereocenters. The van der Waals surface area contributed by atoms with Crippen molar-refractivity contribution in [1.82, 2.24) is 0 Å².